The Kier molecular flexibility index (Phi) is 3.15. The van der Waals surface area contributed by atoms with E-state index in [9.17, 15) is 4.79 Å². The van der Waals surface area contributed by atoms with Crippen LogP contribution in [-0.2, 0) is 6.42 Å². The predicted molar refractivity (Wildman–Crippen MR) is 84.7 cm³/mol. The predicted octanol–water partition coefficient (Wildman–Crippen LogP) is 2.28. The van der Waals surface area contributed by atoms with E-state index in [0.717, 1.165) is 18.2 Å². The summed E-state index contributed by atoms with van der Waals surface area (Å²) in [6.07, 6.45) is 9.58. The number of ether oxygens (including phenoxy) is 1. The number of rotatable bonds is 3. The van der Waals surface area contributed by atoms with E-state index in [-0.39, 0.29) is 11.7 Å². The first-order valence-corrected chi connectivity index (χ1v) is 7.78. The van der Waals surface area contributed by atoms with Gasteiger partial charge in [0.25, 0.3) is 5.95 Å². The topological polar surface area (TPSA) is 75.5 Å². The van der Waals surface area contributed by atoms with E-state index in [4.69, 9.17) is 14.3 Å². The summed E-state index contributed by atoms with van der Waals surface area (Å²) in [6, 6.07) is 2.92. The minimum Gasteiger partial charge on any atom is -0.475 e. The fourth-order valence-electron chi connectivity index (χ4n) is 3.33. The second-order valence-corrected chi connectivity index (χ2v) is 5.94. The van der Waals surface area contributed by atoms with Crippen molar-refractivity contribution >= 4 is 17.8 Å². The average molecular weight is 311 g/mol. The van der Waals surface area contributed by atoms with Gasteiger partial charge in [0.15, 0.2) is 5.76 Å². The molecule has 5 heteroatoms. The maximum atomic E-state index is 10.9. The van der Waals surface area contributed by atoms with E-state index in [0.29, 0.717) is 11.7 Å². The molecule has 1 unspecified atom stereocenters. The number of hydrogen-bond donors (Lipinski definition) is 2. The van der Waals surface area contributed by atoms with Gasteiger partial charge in [-0.2, -0.15) is 0 Å². The third-order valence-corrected chi connectivity index (χ3v) is 4.40. The van der Waals surface area contributed by atoms with Gasteiger partial charge < -0.3 is 19.2 Å². The lowest BCUT2D eigenvalue weighted by atomic mass is 9.90. The second kappa shape index (κ2) is 5.19. The van der Waals surface area contributed by atoms with Crippen molar-refractivity contribution in [3.05, 3.63) is 51.9 Å². The SMILES string of the molecule is CC1C=CC(Oc2ccc(C(=O)O)o2)=c2[nH]c3c(c21)CCCC=3. The van der Waals surface area contributed by atoms with E-state index in [1.807, 2.05) is 6.08 Å². The molecule has 2 aliphatic carbocycles. The van der Waals surface area contributed by atoms with Crippen molar-refractivity contribution in [2.24, 2.45) is 0 Å². The lowest BCUT2D eigenvalue weighted by Crippen LogP contribution is -2.21. The second-order valence-electron chi connectivity index (χ2n) is 5.94. The minimum atomic E-state index is -1.11. The highest BCUT2D eigenvalue weighted by molar-refractivity contribution is 5.84. The minimum absolute atomic E-state index is 0.131. The number of carboxylic acids is 1. The molecule has 0 saturated carbocycles. The van der Waals surface area contributed by atoms with Crippen molar-refractivity contribution in [3.63, 3.8) is 0 Å². The number of carboxylic acid groups (broad SMARTS) is 1. The first kappa shape index (κ1) is 13.9. The Balaban J connectivity index is 1.81. The molecule has 0 aromatic carbocycles. The van der Waals surface area contributed by atoms with Crippen LogP contribution >= 0.6 is 0 Å². The molecule has 1 atom stereocenters. The molecular weight excluding hydrogens is 294 g/mol. The Morgan fingerprint density at radius 1 is 1.43 bits per heavy atom. The third-order valence-electron chi connectivity index (χ3n) is 4.40. The van der Waals surface area contributed by atoms with Crippen LogP contribution in [0.1, 0.15) is 47.4 Å². The highest BCUT2D eigenvalue weighted by Gasteiger charge is 2.22. The van der Waals surface area contributed by atoms with Gasteiger partial charge in [-0.25, -0.2) is 4.79 Å². The number of fused-ring (bicyclic) bond motifs is 3. The van der Waals surface area contributed by atoms with Crippen LogP contribution in [0.3, 0.4) is 0 Å². The molecule has 5 nitrogen and oxygen atoms in total. The van der Waals surface area contributed by atoms with Crippen LogP contribution in [0.4, 0.5) is 0 Å². The van der Waals surface area contributed by atoms with Crippen molar-refractivity contribution in [1.82, 2.24) is 4.98 Å². The van der Waals surface area contributed by atoms with Crippen LogP contribution in [0.25, 0.3) is 11.8 Å². The summed E-state index contributed by atoms with van der Waals surface area (Å²) < 4.78 is 11.0. The molecule has 2 heterocycles. The van der Waals surface area contributed by atoms with Gasteiger partial charge in [-0.1, -0.05) is 19.1 Å². The van der Waals surface area contributed by atoms with Crippen LogP contribution in [0.5, 0.6) is 5.95 Å². The molecule has 0 bridgehead atoms. The summed E-state index contributed by atoms with van der Waals surface area (Å²) >= 11 is 0. The Morgan fingerprint density at radius 3 is 3.09 bits per heavy atom. The maximum Gasteiger partial charge on any atom is 0.371 e. The number of nitrogens with one attached hydrogen (secondary N) is 1. The van der Waals surface area contributed by atoms with Gasteiger partial charge in [-0.3, -0.25) is 0 Å². The molecule has 0 amide bonds. The zero-order valence-electron chi connectivity index (χ0n) is 12.8. The number of aromatic carboxylic acids is 1. The number of allylic oxidation sites excluding steroid dienone is 1. The molecule has 2 N–H and O–H groups in total. The first-order valence-electron chi connectivity index (χ1n) is 7.78. The smallest absolute Gasteiger partial charge is 0.371 e. The molecule has 0 spiro atoms. The molecule has 0 radical (unpaired) electrons. The van der Waals surface area contributed by atoms with Crippen LogP contribution in [-0.4, -0.2) is 16.1 Å². The van der Waals surface area contributed by atoms with Gasteiger partial charge in [0.05, 0.1) is 5.35 Å². The highest BCUT2D eigenvalue weighted by atomic mass is 16.6. The van der Waals surface area contributed by atoms with E-state index in [1.54, 1.807) is 0 Å². The maximum absolute atomic E-state index is 10.9. The zero-order chi connectivity index (χ0) is 16.0. The molecule has 2 aliphatic rings. The van der Waals surface area contributed by atoms with Gasteiger partial charge in [0.2, 0.25) is 5.76 Å². The zero-order valence-corrected chi connectivity index (χ0v) is 12.8. The molecule has 4 rings (SSSR count). The van der Waals surface area contributed by atoms with Gasteiger partial charge in [-0.15, -0.1) is 0 Å². The summed E-state index contributed by atoms with van der Waals surface area (Å²) in [5.41, 5.74) is 2.65. The van der Waals surface area contributed by atoms with Crippen molar-refractivity contribution < 1.29 is 19.1 Å². The van der Waals surface area contributed by atoms with Crippen LogP contribution in [0.2, 0.25) is 0 Å². The molecule has 2 aromatic heterocycles. The molecule has 2 aromatic rings. The van der Waals surface area contributed by atoms with Crippen molar-refractivity contribution in [1.29, 1.82) is 0 Å². The molecular formula is C18H17NO4. The number of aromatic amines is 1. The fourth-order valence-corrected chi connectivity index (χ4v) is 3.33. The van der Waals surface area contributed by atoms with E-state index < -0.39 is 5.97 Å². The summed E-state index contributed by atoms with van der Waals surface area (Å²) in [5.74, 6) is -0.0716. The Hall–Kier alpha value is -2.69. The lowest BCUT2D eigenvalue weighted by Gasteiger charge is -2.15. The number of carbonyl (C=O) groups is 1. The summed E-state index contributed by atoms with van der Waals surface area (Å²) in [5, 5.41) is 11.1. The van der Waals surface area contributed by atoms with Crippen LogP contribution in [0.15, 0.2) is 28.7 Å². The standard InChI is InChI=1S/C18H17NO4/c1-10-6-7-13(22-15-9-8-14(23-15)18(20)21)17-16(10)11-4-2-3-5-12(11)19-17/h5-10,19H,2-4H2,1H3,(H,20,21). The average Bonchev–Trinajstić information content (AvgIpc) is 3.15. The Labute approximate surface area is 132 Å². The molecule has 118 valence electrons. The quantitative estimate of drug-likeness (QED) is 0.912. The monoisotopic (exact) mass is 311 g/mol. The Morgan fingerprint density at radius 2 is 2.30 bits per heavy atom. The first-order chi connectivity index (χ1) is 11.1. The molecule has 0 fully saturated rings. The number of aromatic nitrogens is 1. The van der Waals surface area contributed by atoms with Crippen LogP contribution < -0.4 is 15.4 Å². The Bertz CT molecular complexity index is 929. The van der Waals surface area contributed by atoms with Gasteiger partial charge in [0, 0.05) is 17.3 Å². The lowest BCUT2D eigenvalue weighted by molar-refractivity contribution is 0.0657. The number of H-pyrrole nitrogens is 1. The van der Waals surface area contributed by atoms with Gasteiger partial charge in [0.1, 0.15) is 0 Å². The number of furan rings is 1. The van der Waals surface area contributed by atoms with E-state index in [1.165, 1.54) is 35.0 Å². The largest absolute Gasteiger partial charge is 0.475 e. The summed E-state index contributed by atoms with van der Waals surface area (Å²) in [6.45, 7) is 2.17. The van der Waals surface area contributed by atoms with Crippen molar-refractivity contribution in [2.75, 3.05) is 0 Å². The van der Waals surface area contributed by atoms with Crippen molar-refractivity contribution in [2.45, 2.75) is 32.1 Å². The van der Waals surface area contributed by atoms with Crippen LogP contribution in [0, 0.1) is 0 Å². The van der Waals surface area contributed by atoms with Gasteiger partial charge in [-0.05, 0) is 42.5 Å². The summed E-state index contributed by atoms with van der Waals surface area (Å²) in [4.78, 5) is 14.4. The molecule has 23 heavy (non-hydrogen) atoms. The highest BCUT2D eigenvalue weighted by Crippen LogP contribution is 2.26. The third kappa shape index (κ3) is 2.29. The van der Waals surface area contributed by atoms with Crippen molar-refractivity contribution in [3.8, 4) is 5.95 Å². The molecule has 0 saturated heterocycles. The number of hydrogen-bond acceptors (Lipinski definition) is 3. The normalized spacial score (nSPS) is 19.0. The van der Waals surface area contributed by atoms with E-state index in [2.05, 4.69) is 24.1 Å². The summed E-state index contributed by atoms with van der Waals surface area (Å²) in [7, 11) is 0. The molecule has 0 aliphatic heterocycles. The fraction of sp³-hybridized carbons (Fsp3) is 0.278. The van der Waals surface area contributed by atoms with E-state index >= 15 is 0 Å². The van der Waals surface area contributed by atoms with Gasteiger partial charge >= 0.3 is 5.97 Å².